The van der Waals surface area contributed by atoms with E-state index >= 15 is 0 Å². The average Bonchev–Trinajstić information content (AvgIpc) is 2.30. The van der Waals surface area contributed by atoms with Crippen molar-refractivity contribution >= 4 is 5.91 Å². The molecule has 0 aromatic heterocycles. The van der Waals surface area contributed by atoms with Crippen molar-refractivity contribution in [1.82, 2.24) is 5.06 Å². The number of halogens is 1. The first kappa shape index (κ1) is 12.4. The summed E-state index contributed by atoms with van der Waals surface area (Å²) in [5.74, 6) is -0.510. The van der Waals surface area contributed by atoms with Gasteiger partial charge in [-0.1, -0.05) is 12.1 Å². The van der Waals surface area contributed by atoms with Crippen LogP contribution in [0.15, 0.2) is 24.3 Å². The Labute approximate surface area is 93.5 Å². The maximum atomic E-state index is 13.1. The largest absolute Gasteiger partial charge is 0.490 e. The molecular formula is C11H14FNO3. The molecule has 0 aliphatic carbocycles. The van der Waals surface area contributed by atoms with Crippen molar-refractivity contribution in [3.63, 3.8) is 0 Å². The van der Waals surface area contributed by atoms with Gasteiger partial charge >= 0.3 is 0 Å². The van der Waals surface area contributed by atoms with Crippen molar-refractivity contribution in [3.8, 4) is 5.75 Å². The van der Waals surface area contributed by atoms with E-state index in [1.54, 1.807) is 12.1 Å². The number of amides is 1. The van der Waals surface area contributed by atoms with Crippen LogP contribution in [0.25, 0.3) is 0 Å². The van der Waals surface area contributed by atoms with E-state index in [1.165, 1.54) is 26.3 Å². The highest BCUT2D eigenvalue weighted by atomic mass is 19.1. The van der Waals surface area contributed by atoms with Crippen molar-refractivity contribution in [2.45, 2.75) is 6.42 Å². The average molecular weight is 227 g/mol. The SMILES string of the molecule is CON(C)C(=O)CCOc1ccccc1F. The van der Waals surface area contributed by atoms with E-state index in [0.717, 1.165) is 5.06 Å². The normalized spacial score (nSPS) is 9.94. The van der Waals surface area contributed by atoms with Gasteiger partial charge in [0, 0.05) is 7.05 Å². The van der Waals surface area contributed by atoms with E-state index in [1.807, 2.05) is 0 Å². The summed E-state index contributed by atoms with van der Waals surface area (Å²) in [5.41, 5.74) is 0. The third-order valence-corrected chi connectivity index (χ3v) is 2.04. The van der Waals surface area contributed by atoms with Gasteiger partial charge in [0.25, 0.3) is 0 Å². The number of nitrogens with zero attached hydrogens (tertiary/aromatic N) is 1. The van der Waals surface area contributed by atoms with E-state index < -0.39 is 5.82 Å². The molecule has 16 heavy (non-hydrogen) atoms. The Morgan fingerprint density at radius 2 is 2.12 bits per heavy atom. The lowest BCUT2D eigenvalue weighted by atomic mass is 10.3. The van der Waals surface area contributed by atoms with E-state index in [4.69, 9.17) is 9.57 Å². The van der Waals surface area contributed by atoms with Crippen molar-refractivity contribution in [3.05, 3.63) is 30.1 Å². The minimum atomic E-state index is -0.435. The number of para-hydroxylation sites is 1. The molecule has 88 valence electrons. The minimum absolute atomic E-state index is 0.119. The summed E-state index contributed by atoms with van der Waals surface area (Å²) in [6, 6.07) is 6.06. The van der Waals surface area contributed by atoms with Crippen LogP contribution >= 0.6 is 0 Å². The number of hydrogen-bond acceptors (Lipinski definition) is 3. The van der Waals surface area contributed by atoms with Gasteiger partial charge in [0.2, 0.25) is 5.91 Å². The zero-order valence-electron chi connectivity index (χ0n) is 9.27. The Morgan fingerprint density at radius 1 is 1.44 bits per heavy atom. The number of hydrogen-bond donors (Lipinski definition) is 0. The lowest BCUT2D eigenvalue weighted by molar-refractivity contribution is -0.169. The summed E-state index contributed by atoms with van der Waals surface area (Å²) in [6.07, 6.45) is 0.138. The van der Waals surface area contributed by atoms with Gasteiger partial charge in [0.15, 0.2) is 11.6 Å². The molecule has 0 heterocycles. The molecule has 0 N–H and O–H groups in total. The number of ether oxygens (including phenoxy) is 1. The lowest BCUT2D eigenvalue weighted by Crippen LogP contribution is -2.26. The number of rotatable bonds is 5. The van der Waals surface area contributed by atoms with Crippen LogP contribution in [0.2, 0.25) is 0 Å². The maximum Gasteiger partial charge on any atom is 0.249 e. The molecule has 0 saturated carbocycles. The van der Waals surface area contributed by atoms with Gasteiger partial charge in [0.05, 0.1) is 20.1 Å². The molecule has 1 rings (SSSR count). The summed E-state index contributed by atoms with van der Waals surface area (Å²) in [7, 11) is 2.90. The van der Waals surface area contributed by atoms with E-state index in [0.29, 0.717) is 0 Å². The quantitative estimate of drug-likeness (QED) is 0.717. The first-order valence-corrected chi connectivity index (χ1v) is 4.83. The van der Waals surface area contributed by atoms with Crippen LogP contribution in [0, 0.1) is 5.82 Å². The second-order valence-corrected chi connectivity index (χ2v) is 3.10. The molecule has 1 aromatic carbocycles. The third-order valence-electron chi connectivity index (χ3n) is 2.04. The Bertz CT molecular complexity index is 357. The van der Waals surface area contributed by atoms with E-state index in [9.17, 15) is 9.18 Å². The van der Waals surface area contributed by atoms with Crippen molar-refractivity contribution < 1.29 is 18.8 Å². The number of benzene rings is 1. The molecule has 0 aliphatic heterocycles. The van der Waals surface area contributed by atoms with Gasteiger partial charge in [-0.25, -0.2) is 9.45 Å². The number of hydroxylamine groups is 2. The van der Waals surface area contributed by atoms with Crippen molar-refractivity contribution in [1.29, 1.82) is 0 Å². The Morgan fingerprint density at radius 3 is 2.75 bits per heavy atom. The Kier molecular flexibility index (Phi) is 4.72. The molecule has 1 amide bonds. The van der Waals surface area contributed by atoms with E-state index in [-0.39, 0.29) is 24.7 Å². The molecule has 0 atom stereocenters. The summed E-state index contributed by atoms with van der Waals surface area (Å²) in [4.78, 5) is 16.0. The summed E-state index contributed by atoms with van der Waals surface area (Å²) in [6.45, 7) is 0.119. The number of carbonyl (C=O) groups excluding carboxylic acids is 1. The van der Waals surface area contributed by atoms with Crippen molar-refractivity contribution in [2.24, 2.45) is 0 Å². The Balaban J connectivity index is 2.36. The monoisotopic (exact) mass is 227 g/mol. The van der Waals surface area contributed by atoms with Gasteiger partial charge in [-0.3, -0.25) is 9.63 Å². The first-order chi connectivity index (χ1) is 7.65. The van der Waals surface area contributed by atoms with Crippen LogP contribution in [0.5, 0.6) is 5.75 Å². The standard InChI is InChI=1S/C11H14FNO3/c1-13(15-2)11(14)7-8-16-10-6-4-3-5-9(10)12/h3-6H,7-8H2,1-2H3. The highest BCUT2D eigenvalue weighted by Crippen LogP contribution is 2.15. The molecule has 0 saturated heterocycles. The second-order valence-electron chi connectivity index (χ2n) is 3.10. The number of carbonyl (C=O) groups is 1. The summed E-state index contributed by atoms with van der Waals surface area (Å²) < 4.78 is 18.2. The van der Waals surface area contributed by atoms with Crippen molar-refractivity contribution in [2.75, 3.05) is 20.8 Å². The fourth-order valence-electron chi connectivity index (χ4n) is 1.07. The molecule has 0 unspecified atom stereocenters. The lowest BCUT2D eigenvalue weighted by Gasteiger charge is -2.13. The first-order valence-electron chi connectivity index (χ1n) is 4.83. The molecule has 0 aliphatic rings. The van der Waals surface area contributed by atoms with Gasteiger partial charge in [-0.15, -0.1) is 0 Å². The van der Waals surface area contributed by atoms with Gasteiger partial charge in [0.1, 0.15) is 0 Å². The predicted octanol–water partition coefficient (Wildman–Crippen LogP) is 1.61. The molecule has 5 heteroatoms. The highest BCUT2D eigenvalue weighted by molar-refractivity contribution is 5.74. The smallest absolute Gasteiger partial charge is 0.249 e. The van der Waals surface area contributed by atoms with Crippen LogP contribution in [0.3, 0.4) is 0 Å². The summed E-state index contributed by atoms with van der Waals surface area (Å²) >= 11 is 0. The molecular weight excluding hydrogens is 213 g/mol. The molecule has 0 fully saturated rings. The molecule has 0 radical (unpaired) electrons. The van der Waals surface area contributed by atoms with Crippen LogP contribution in [-0.4, -0.2) is 31.7 Å². The maximum absolute atomic E-state index is 13.1. The van der Waals surface area contributed by atoms with Gasteiger partial charge in [-0.2, -0.15) is 0 Å². The zero-order valence-corrected chi connectivity index (χ0v) is 9.27. The summed E-state index contributed by atoms with van der Waals surface area (Å²) in [5, 5.41) is 1.10. The molecule has 1 aromatic rings. The highest BCUT2D eigenvalue weighted by Gasteiger charge is 2.08. The van der Waals surface area contributed by atoms with Crippen LogP contribution < -0.4 is 4.74 Å². The van der Waals surface area contributed by atoms with Crippen LogP contribution in [0.1, 0.15) is 6.42 Å². The fraction of sp³-hybridized carbons (Fsp3) is 0.364. The van der Waals surface area contributed by atoms with Crippen LogP contribution in [0.4, 0.5) is 4.39 Å². The minimum Gasteiger partial charge on any atom is -0.490 e. The van der Waals surface area contributed by atoms with Gasteiger partial charge in [-0.05, 0) is 12.1 Å². The second kappa shape index (κ2) is 6.07. The molecule has 0 bridgehead atoms. The molecule has 4 nitrogen and oxygen atoms in total. The topological polar surface area (TPSA) is 38.8 Å². The van der Waals surface area contributed by atoms with Gasteiger partial charge < -0.3 is 4.74 Å². The predicted molar refractivity (Wildman–Crippen MR) is 56.3 cm³/mol. The zero-order chi connectivity index (χ0) is 12.0. The molecule has 0 spiro atoms. The van der Waals surface area contributed by atoms with Crippen LogP contribution in [-0.2, 0) is 9.63 Å². The Hall–Kier alpha value is -1.62. The fourth-order valence-corrected chi connectivity index (χ4v) is 1.07. The third kappa shape index (κ3) is 3.51. The van der Waals surface area contributed by atoms with E-state index in [2.05, 4.69) is 0 Å².